The average molecular weight is 310 g/mol. The van der Waals surface area contributed by atoms with Gasteiger partial charge in [-0.1, -0.05) is 30.3 Å². The van der Waals surface area contributed by atoms with Gasteiger partial charge in [-0.25, -0.2) is 0 Å². The molecule has 2 aromatic carbocycles. The molecule has 0 spiro atoms. The summed E-state index contributed by atoms with van der Waals surface area (Å²) in [6.07, 6.45) is -0.597. The standard InChI is InChI=1S/C18H18N2O3/c1-13-18(22)20(15-10-6-7-11-16(15)23-13)12-17(21)19(2)14-8-4-3-5-9-14/h3-11,13H,12H2,1-2H3. The van der Waals surface area contributed by atoms with Crippen molar-refractivity contribution in [2.45, 2.75) is 13.0 Å². The molecule has 0 saturated heterocycles. The van der Waals surface area contributed by atoms with E-state index >= 15 is 0 Å². The molecule has 0 aliphatic carbocycles. The maximum atomic E-state index is 12.6. The highest BCUT2D eigenvalue weighted by Crippen LogP contribution is 2.33. The van der Waals surface area contributed by atoms with Crippen molar-refractivity contribution in [1.82, 2.24) is 0 Å². The molecule has 0 fully saturated rings. The first kappa shape index (κ1) is 15.1. The first-order valence-electron chi connectivity index (χ1n) is 7.46. The van der Waals surface area contributed by atoms with Crippen molar-refractivity contribution in [3.05, 3.63) is 54.6 Å². The van der Waals surface area contributed by atoms with Crippen molar-refractivity contribution in [3.63, 3.8) is 0 Å². The Morgan fingerprint density at radius 3 is 2.52 bits per heavy atom. The van der Waals surface area contributed by atoms with Crippen molar-refractivity contribution in [2.24, 2.45) is 0 Å². The molecule has 0 radical (unpaired) electrons. The minimum absolute atomic E-state index is 0.0189. The predicted octanol–water partition coefficient (Wildman–Crippen LogP) is 2.46. The van der Waals surface area contributed by atoms with Gasteiger partial charge in [-0.05, 0) is 31.2 Å². The number of hydrogen-bond donors (Lipinski definition) is 0. The quantitative estimate of drug-likeness (QED) is 0.875. The summed E-state index contributed by atoms with van der Waals surface area (Å²) in [6.45, 7) is 1.67. The number of ether oxygens (including phenoxy) is 1. The number of nitrogens with zero attached hydrogens (tertiary/aromatic N) is 2. The molecule has 118 valence electrons. The average Bonchev–Trinajstić information content (AvgIpc) is 2.59. The van der Waals surface area contributed by atoms with Crippen LogP contribution in [0, 0.1) is 0 Å². The largest absolute Gasteiger partial charge is 0.479 e. The summed E-state index contributed by atoms with van der Waals surface area (Å²) in [5.74, 6) is 0.252. The predicted molar refractivity (Wildman–Crippen MR) is 88.7 cm³/mol. The fourth-order valence-corrected chi connectivity index (χ4v) is 2.56. The van der Waals surface area contributed by atoms with E-state index < -0.39 is 6.10 Å². The van der Waals surface area contributed by atoms with Crippen LogP contribution in [-0.4, -0.2) is 31.5 Å². The van der Waals surface area contributed by atoms with Gasteiger partial charge in [0.1, 0.15) is 12.3 Å². The molecular formula is C18H18N2O3. The number of carbonyl (C=O) groups excluding carboxylic acids is 2. The van der Waals surface area contributed by atoms with E-state index in [2.05, 4.69) is 0 Å². The van der Waals surface area contributed by atoms with Gasteiger partial charge in [0.15, 0.2) is 6.10 Å². The second-order valence-electron chi connectivity index (χ2n) is 5.44. The van der Waals surface area contributed by atoms with Crippen LogP contribution in [-0.2, 0) is 9.59 Å². The number of carbonyl (C=O) groups is 2. The van der Waals surface area contributed by atoms with E-state index in [1.165, 1.54) is 4.90 Å². The number of benzene rings is 2. The number of fused-ring (bicyclic) bond motifs is 1. The zero-order chi connectivity index (χ0) is 16.4. The van der Waals surface area contributed by atoms with Crippen LogP contribution in [0.4, 0.5) is 11.4 Å². The van der Waals surface area contributed by atoms with Crippen LogP contribution in [0.3, 0.4) is 0 Å². The van der Waals surface area contributed by atoms with Gasteiger partial charge in [-0.15, -0.1) is 0 Å². The van der Waals surface area contributed by atoms with Crippen LogP contribution in [0.15, 0.2) is 54.6 Å². The second kappa shape index (κ2) is 6.12. The van der Waals surface area contributed by atoms with Crippen LogP contribution in [0.5, 0.6) is 5.75 Å². The van der Waals surface area contributed by atoms with Gasteiger partial charge in [-0.3, -0.25) is 14.5 Å². The molecule has 5 nitrogen and oxygen atoms in total. The Morgan fingerprint density at radius 1 is 1.13 bits per heavy atom. The maximum absolute atomic E-state index is 12.6. The molecule has 5 heteroatoms. The number of para-hydroxylation sites is 3. The van der Waals surface area contributed by atoms with E-state index in [0.717, 1.165) is 5.69 Å². The molecular weight excluding hydrogens is 292 g/mol. The van der Waals surface area contributed by atoms with Gasteiger partial charge >= 0.3 is 0 Å². The number of hydrogen-bond acceptors (Lipinski definition) is 3. The first-order valence-corrected chi connectivity index (χ1v) is 7.46. The fourth-order valence-electron chi connectivity index (χ4n) is 2.56. The van der Waals surface area contributed by atoms with E-state index in [9.17, 15) is 9.59 Å². The first-order chi connectivity index (χ1) is 11.1. The maximum Gasteiger partial charge on any atom is 0.268 e. The second-order valence-corrected chi connectivity index (χ2v) is 5.44. The minimum atomic E-state index is -0.597. The van der Waals surface area contributed by atoms with Gasteiger partial charge in [-0.2, -0.15) is 0 Å². The highest BCUT2D eigenvalue weighted by Gasteiger charge is 2.33. The SMILES string of the molecule is CC1Oc2ccccc2N(CC(=O)N(C)c2ccccc2)C1=O. The highest BCUT2D eigenvalue weighted by atomic mass is 16.5. The molecule has 23 heavy (non-hydrogen) atoms. The zero-order valence-corrected chi connectivity index (χ0v) is 13.1. The van der Waals surface area contributed by atoms with Crippen LogP contribution in [0.2, 0.25) is 0 Å². The van der Waals surface area contributed by atoms with Crippen molar-refractivity contribution in [1.29, 1.82) is 0 Å². The lowest BCUT2D eigenvalue weighted by Crippen LogP contribution is -2.49. The van der Waals surface area contributed by atoms with Crippen LogP contribution in [0.1, 0.15) is 6.92 Å². The lowest BCUT2D eigenvalue weighted by molar-refractivity contribution is -0.127. The Balaban J connectivity index is 1.84. The molecule has 2 amide bonds. The normalized spacial score (nSPS) is 16.5. The van der Waals surface area contributed by atoms with Gasteiger partial charge in [0, 0.05) is 12.7 Å². The Labute approximate surface area is 135 Å². The Kier molecular flexibility index (Phi) is 4.02. The summed E-state index contributed by atoms with van der Waals surface area (Å²) in [4.78, 5) is 28.0. The minimum Gasteiger partial charge on any atom is -0.479 e. The molecule has 3 rings (SSSR count). The summed E-state index contributed by atoms with van der Waals surface area (Å²) in [5.41, 5.74) is 1.42. The van der Waals surface area contributed by atoms with E-state index in [4.69, 9.17) is 4.74 Å². The summed E-state index contributed by atoms with van der Waals surface area (Å²) < 4.78 is 5.58. The van der Waals surface area contributed by atoms with Gasteiger partial charge in [0.2, 0.25) is 5.91 Å². The summed E-state index contributed by atoms with van der Waals surface area (Å²) >= 11 is 0. The Hall–Kier alpha value is -2.82. The number of rotatable bonds is 3. The lowest BCUT2D eigenvalue weighted by Gasteiger charge is -2.33. The van der Waals surface area contributed by atoms with Crippen molar-refractivity contribution in [2.75, 3.05) is 23.4 Å². The molecule has 1 aliphatic rings. The van der Waals surface area contributed by atoms with Crippen LogP contribution in [0.25, 0.3) is 0 Å². The van der Waals surface area contributed by atoms with Crippen LogP contribution < -0.4 is 14.5 Å². The van der Waals surface area contributed by atoms with Crippen molar-refractivity contribution in [3.8, 4) is 5.75 Å². The van der Waals surface area contributed by atoms with Crippen molar-refractivity contribution >= 4 is 23.2 Å². The topological polar surface area (TPSA) is 49.9 Å². The number of likely N-dealkylation sites (N-methyl/N-ethyl adjacent to an activating group) is 1. The van der Waals surface area contributed by atoms with Gasteiger partial charge in [0.05, 0.1) is 5.69 Å². The summed E-state index contributed by atoms with van der Waals surface area (Å²) in [5, 5.41) is 0. The molecule has 1 heterocycles. The van der Waals surface area contributed by atoms with Gasteiger partial charge in [0.25, 0.3) is 5.91 Å². The Morgan fingerprint density at radius 2 is 1.78 bits per heavy atom. The highest BCUT2D eigenvalue weighted by molar-refractivity contribution is 6.06. The van der Waals surface area contributed by atoms with E-state index in [1.807, 2.05) is 42.5 Å². The molecule has 0 aromatic heterocycles. The molecule has 2 aromatic rings. The summed E-state index contributed by atoms with van der Waals surface area (Å²) in [7, 11) is 1.71. The lowest BCUT2D eigenvalue weighted by atomic mass is 10.2. The van der Waals surface area contributed by atoms with E-state index in [1.54, 1.807) is 31.0 Å². The number of anilines is 2. The summed E-state index contributed by atoms with van der Waals surface area (Å²) in [6, 6.07) is 16.6. The fraction of sp³-hybridized carbons (Fsp3) is 0.222. The molecule has 1 aliphatic heterocycles. The third-order valence-corrected chi connectivity index (χ3v) is 3.88. The van der Waals surface area contributed by atoms with Gasteiger partial charge < -0.3 is 9.64 Å². The monoisotopic (exact) mass is 310 g/mol. The Bertz CT molecular complexity index is 730. The third kappa shape index (κ3) is 2.90. The van der Waals surface area contributed by atoms with Crippen molar-refractivity contribution < 1.29 is 14.3 Å². The number of amides is 2. The molecule has 1 atom stereocenters. The van der Waals surface area contributed by atoms with E-state index in [-0.39, 0.29) is 18.4 Å². The molecule has 0 saturated carbocycles. The molecule has 1 unspecified atom stereocenters. The molecule has 0 bridgehead atoms. The zero-order valence-electron chi connectivity index (χ0n) is 13.1. The third-order valence-electron chi connectivity index (χ3n) is 3.88. The van der Waals surface area contributed by atoms with Crippen LogP contribution >= 0.6 is 0 Å². The molecule has 0 N–H and O–H groups in total. The smallest absolute Gasteiger partial charge is 0.268 e. The van der Waals surface area contributed by atoms with E-state index in [0.29, 0.717) is 11.4 Å².